The number of nitrogens with zero attached hydrogens (tertiary/aromatic N) is 2. The molecule has 0 spiro atoms. The predicted molar refractivity (Wildman–Crippen MR) is 134 cm³/mol. The topological polar surface area (TPSA) is 84.0 Å². The van der Waals surface area contributed by atoms with Crippen LogP contribution in [0.5, 0.6) is 5.75 Å². The Morgan fingerprint density at radius 1 is 0.944 bits per heavy atom. The van der Waals surface area contributed by atoms with Crippen molar-refractivity contribution in [1.82, 2.24) is 0 Å². The maximum atomic E-state index is 13.2. The van der Waals surface area contributed by atoms with Gasteiger partial charge in [0.1, 0.15) is 5.75 Å². The van der Waals surface area contributed by atoms with Gasteiger partial charge in [-0.1, -0.05) is 17.7 Å². The molecule has 4 fully saturated rings. The van der Waals surface area contributed by atoms with Crippen LogP contribution in [0.3, 0.4) is 0 Å². The van der Waals surface area contributed by atoms with Crippen molar-refractivity contribution in [2.75, 3.05) is 16.3 Å². The van der Waals surface area contributed by atoms with E-state index < -0.39 is 11.9 Å². The minimum absolute atomic E-state index is 0.0588. The first-order valence-electron chi connectivity index (χ1n) is 12.5. The number of imide groups is 1. The number of halogens is 1. The van der Waals surface area contributed by atoms with Gasteiger partial charge in [-0.15, -0.1) is 0 Å². The number of carbonyl (C=O) groups is 4. The SMILES string of the molecule is Cc1ccc(N2C[C@H](C(=O)Oc3ccc(N4C(=O)[C@H]5[C@H]6CC[C@@H](C6)[C@@H]5C4=O)c(C)c3)CC2=O)cc1Cl. The Kier molecular flexibility index (Phi) is 5.45. The molecule has 3 amide bonds. The van der Waals surface area contributed by atoms with Gasteiger partial charge in [-0.05, 0) is 86.4 Å². The lowest BCUT2D eigenvalue weighted by Crippen LogP contribution is -2.33. The zero-order chi connectivity index (χ0) is 25.3. The van der Waals surface area contributed by atoms with Crippen molar-refractivity contribution in [1.29, 1.82) is 0 Å². The number of benzene rings is 2. The third-order valence-electron chi connectivity index (χ3n) is 8.48. The molecule has 2 aromatic rings. The van der Waals surface area contributed by atoms with Crippen LogP contribution in [0.15, 0.2) is 36.4 Å². The molecule has 36 heavy (non-hydrogen) atoms. The average Bonchev–Trinajstić information content (AvgIpc) is 3.60. The summed E-state index contributed by atoms with van der Waals surface area (Å²) in [6.45, 7) is 3.91. The van der Waals surface area contributed by atoms with Crippen molar-refractivity contribution < 1.29 is 23.9 Å². The smallest absolute Gasteiger partial charge is 0.316 e. The van der Waals surface area contributed by atoms with E-state index in [0.29, 0.717) is 39.5 Å². The molecule has 0 radical (unpaired) electrons. The van der Waals surface area contributed by atoms with Gasteiger partial charge < -0.3 is 9.64 Å². The first-order valence-corrected chi connectivity index (χ1v) is 12.9. The van der Waals surface area contributed by atoms with Crippen molar-refractivity contribution in [3.63, 3.8) is 0 Å². The second-order valence-electron chi connectivity index (χ2n) is 10.6. The molecule has 2 saturated heterocycles. The van der Waals surface area contributed by atoms with Crippen LogP contribution in [-0.4, -0.2) is 30.2 Å². The second-order valence-corrected chi connectivity index (χ2v) is 11.0. The number of carbonyl (C=O) groups excluding carboxylic acids is 4. The molecule has 186 valence electrons. The Balaban J connectivity index is 1.15. The molecule has 0 aromatic heterocycles. The molecule has 2 bridgehead atoms. The maximum Gasteiger partial charge on any atom is 0.316 e. The predicted octanol–water partition coefficient (Wildman–Crippen LogP) is 4.45. The van der Waals surface area contributed by atoms with Crippen LogP contribution in [-0.2, 0) is 19.2 Å². The highest BCUT2D eigenvalue weighted by Gasteiger charge is 2.61. The van der Waals surface area contributed by atoms with E-state index in [0.717, 1.165) is 24.8 Å². The summed E-state index contributed by atoms with van der Waals surface area (Å²) in [5, 5.41) is 0.563. The minimum atomic E-state index is -0.603. The Morgan fingerprint density at radius 3 is 2.28 bits per heavy atom. The third-order valence-corrected chi connectivity index (χ3v) is 8.89. The summed E-state index contributed by atoms with van der Waals surface area (Å²) in [5.74, 6) is -0.822. The molecular weight excluding hydrogens is 480 g/mol. The molecule has 4 aliphatic rings. The minimum Gasteiger partial charge on any atom is -0.426 e. The molecular formula is C28H27ClN2O5. The van der Waals surface area contributed by atoms with E-state index in [1.807, 2.05) is 19.1 Å². The molecule has 2 aromatic carbocycles. The van der Waals surface area contributed by atoms with E-state index in [1.54, 1.807) is 36.1 Å². The van der Waals surface area contributed by atoms with Crippen LogP contribution in [0.4, 0.5) is 11.4 Å². The number of hydrogen-bond donors (Lipinski definition) is 0. The molecule has 8 heteroatoms. The Morgan fingerprint density at radius 2 is 1.64 bits per heavy atom. The van der Waals surface area contributed by atoms with Gasteiger partial charge in [0.2, 0.25) is 17.7 Å². The quantitative estimate of drug-likeness (QED) is 0.347. The van der Waals surface area contributed by atoms with Gasteiger partial charge >= 0.3 is 5.97 Å². The molecule has 0 N–H and O–H groups in total. The van der Waals surface area contributed by atoms with Gasteiger partial charge in [-0.2, -0.15) is 0 Å². The van der Waals surface area contributed by atoms with Crippen LogP contribution < -0.4 is 14.5 Å². The standard InChI is InChI=1S/C28H27ClN2O5/c1-14-3-6-19(12-21(14)29)30-13-18(11-23(30)32)28(35)36-20-7-8-22(15(2)9-20)31-26(33)24-16-4-5-17(10-16)25(24)27(31)34/h3,6-9,12,16-18,24-25H,4-5,10-11,13H2,1-2H3/t16-,17-,18+,24-,25-/m0/s1. The van der Waals surface area contributed by atoms with Crippen molar-refractivity contribution in [2.24, 2.45) is 29.6 Å². The van der Waals surface area contributed by atoms with Gasteiger partial charge in [-0.25, -0.2) is 4.90 Å². The van der Waals surface area contributed by atoms with Crippen molar-refractivity contribution in [3.05, 3.63) is 52.5 Å². The summed E-state index contributed by atoms with van der Waals surface area (Å²) >= 11 is 6.21. The lowest BCUT2D eigenvalue weighted by molar-refractivity contribution is -0.139. The number of amides is 3. The average molecular weight is 507 g/mol. The van der Waals surface area contributed by atoms with Gasteiger partial charge in [0, 0.05) is 23.7 Å². The largest absolute Gasteiger partial charge is 0.426 e. The van der Waals surface area contributed by atoms with Gasteiger partial charge in [0.15, 0.2) is 0 Å². The van der Waals surface area contributed by atoms with Crippen LogP contribution in [0, 0.1) is 43.4 Å². The summed E-state index contributed by atoms with van der Waals surface area (Å²) in [6, 6.07) is 10.3. The number of aryl methyl sites for hydroxylation is 2. The third kappa shape index (κ3) is 3.55. The summed E-state index contributed by atoms with van der Waals surface area (Å²) in [7, 11) is 0. The van der Waals surface area contributed by atoms with Crippen LogP contribution in [0.2, 0.25) is 5.02 Å². The zero-order valence-electron chi connectivity index (χ0n) is 20.2. The van der Waals surface area contributed by atoms with Crippen molar-refractivity contribution >= 4 is 46.7 Å². The Labute approximate surface area is 214 Å². The van der Waals surface area contributed by atoms with Crippen molar-refractivity contribution in [3.8, 4) is 5.75 Å². The number of esters is 1. The molecule has 0 unspecified atom stereocenters. The highest BCUT2D eigenvalue weighted by molar-refractivity contribution is 6.31. The fraction of sp³-hybridized carbons (Fsp3) is 0.429. The second kappa shape index (κ2) is 8.44. The maximum absolute atomic E-state index is 13.2. The van der Waals surface area contributed by atoms with E-state index in [2.05, 4.69) is 0 Å². The fourth-order valence-corrected chi connectivity index (χ4v) is 6.83. The molecule has 2 aliphatic heterocycles. The number of anilines is 2. The summed E-state index contributed by atoms with van der Waals surface area (Å²) < 4.78 is 5.61. The summed E-state index contributed by atoms with van der Waals surface area (Å²) in [5.41, 5.74) is 2.81. The molecule has 7 nitrogen and oxygen atoms in total. The number of hydrogen-bond acceptors (Lipinski definition) is 5. The Hall–Kier alpha value is -3.19. The summed E-state index contributed by atoms with van der Waals surface area (Å²) in [6.07, 6.45) is 3.12. The van der Waals surface area contributed by atoms with E-state index >= 15 is 0 Å². The van der Waals surface area contributed by atoms with Crippen molar-refractivity contribution in [2.45, 2.75) is 39.5 Å². The summed E-state index contributed by atoms with van der Waals surface area (Å²) in [4.78, 5) is 54.7. The van der Waals surface area contributed by atoms with E-state index in [1.165, 1.54) is 4.90 Å². The monoisotopic (exact) mass is 506 g/mol. The molecule has 2 saturated carbocycles. The van der Waals surface area contributed by atoms with Gasteiger partial charge in [0.05, 0.1) is 23.4 Å². The fourth-order valence-electron chi connectivity index (χ4n) is 6.65. The first kappa shape index (κ1) is 23.2. The Bertz CT molecular complexity index is 1300. The lowest BCUT2D eigenvalue weighted by Gasteiger charge is -2.20. The number of fused-ring (bicyclic) bond motifs is 5. The molecule has 2 heterocycles. The molecule has 6 rings (SSSR count). The highest BCUT2D eigenvalue weighted by Crippen LogP contribution is 2.56. The molecule has 2 aliphatic carbocycles. The zero-order valence-corrected chi connectivity index (χ0v) is 21.0. The number of rotatable bonds is 4. The van der Waals surface area contributed by atoms with E-state index in [-0.39, 0.29) is 42.5 Å². The van der Waals surface area contributed by atoms with E-state index in [9.17, 15) is 19.2 Å². The van der Waals surface area contributed by atoms with Crippen LogP contribution in [0.25, 0.3) is 0 Å². The van der Waals surface area contributed by atoms with Crippen LogP contribution in [0.1, 0.15) is 36.8 Å². The highest BCUT2D eigenvalue weighted by atomic mass is 35.5. The molecule has 5 atom stereocenters. The van der Waals surface area contributed by atoms with E-state index in [4.69, 9.17) is 16.3 Å². The van der Waals surface area contributed by atoms with Gasteiger partial charge in [-0.3, -0.25) is 19.2 Å². The van der Waals surface area contributed by atoms with Gasteiger partial charge in [0.25, 0.3) is 0 Å². The number of ether oxygens (including phenoxy) is 1. The lowest BCUT2D eigenvalue weighted by atomic mass is 9.81. The van der Waals surface area contributed by atoms with Crippen LogP contribution >= 0.6 is 11.6 Å². The first-order chi connectivity index (χ1) is 17.2. The normalized spacial score (nSPS) is 28.9.